The highest BCUT2D eigenvalue weighted by Gasteiger charge is 2.28. The fraction of sp³-hybridized carbons (Fsp3) is 0.389. The number of nitrogens with one attached hydrogen (secondary N) is 2. The number of carbonyl (C=O) groups excluding carboxylic acids is 2. The second-order valence-electron chi connectivity index (χ2n) is 6.81. The minimum Gasteiger partial charge on any atom is -0.479 e. The number of benzene rings is 1. The van der Waals surface area contributed by atoms with Crippen molar-refractivity contribution in [3.63, 3.8) is 0 Å². The predicted molar refractivity (Wildman–Crippen MR) is 101 cm³/mol. The molecule has 0 unspecified atom stereocenters. The van der Waals surface area contributed by atoms with Crippen molar-refractivity contribution >= 4 is 27.5 Å². The van der Waals surface area contributed by atoms with E-state index >= 15 is 0 Å². The van der Waals surface area contributed by atoms with Crippen molar-refractivity contribution in [2.75, 3.05) is 5.32 Å². The molecule has 2 aromatic rings. The average molecular weight is 406 g/mol. The summed E-state index contributed by atoms with van der Waals surface area (Å²) < 4.78 is 34.6. The number of ether oxygens (including phenoxy) is 1. The van der Waals surface area contributed by atoms with Crippen molar-refractivity contribution in [2.45, 2.75) is 44.6 Å². The quantitative estimate of drug-likeness (QED) is 0.770. The van der Waals surface area contributed by atoms with Gasteiger partial charge in [-0.2, -0.15) is 5.10 Å². The Bertz CT molecular complexity index is 1060. The minimum absolute atomic E-state index is 0.0132. The van der Waals surface area contributed by atoms with E-state index < -0.39 is 22.0 Å². The Balaban J connectivity index is 1.75. The summed E-state index contributed by atoms with van der Waals surface area (Å²) in [5.41, 5.74) is 2.48. The zero-order chi connectivity index (χ0) is 20.6. The van der Waals surface area contributed by atoms with E-state index in [0.29, 0.717) is 17.7 Å². The maximum Gasteiger partial charge on any atom is 0.265 e. The van der Waals surface area contributed by atoms with E-state index in [-0.39, 0.29) is 23.0 Å². The third-order valence-corrected chi connectivity index (χ3v) is 6.00. The van der Waals surface area contributed by atoms with Crippen molar-refractivity contribution in [1.82, 2.24) is 14.5 Å². The van der Waals surface area contributed by atoms with E-state index in [2.05, 4.69) is 15.1 Å². The average Bonchev–Trinajstić information content (AvgIpc) is 2.91. The molecule has 1 aromatic heterocycles. The molecule has 3 rings (SSSR count). The van der Waals surface area contributed by atoms with Crippen LogP contribution >= 0.6 is 0 Å². The SMILES string of the molecule is Cc1cc2c(cc1S(=O)(=O)NC(=O)CCc1cn(C)nc1C)O[C@H](C)C(=O)N2. The summed E-state index contributed by atoms with van der Waals surface area (Å²) in [4.78, 5) is 23.8. The first-order valence-electron chi connectivity index (χ1n) is 8.74. The summed E-state index contributed by atoms with van der Waals surface area (Å²) >= 11 is 0. The zero-order valence-electron chi connectivity index (χ0n) is 16.1. The number of nitrogens with zero attached hydrogens (tertiary/aromatic N) is 2. The second kappa shape index (κ2) is 7.27. The number of anilines is 1. The molecule has 10 heteroatoms. The number of fused-ring (bicyclic) bond motifs is 1. The molecule has 1 atom stereocenters. The normalized spacial score (nSPS) is 16.1. The van der Waals surface area contributed by atoms with E-state index in [9.17, 15) is 18.0 Å². The molecule has 0 spiro atoms. The molecule has 0 saturated heterocycles. The van der Waals surface area contributed by atoms with E-state index in [0.717, 1.165) is 11.3 Å². The van der Waals surface area contributed by atoms with Crippen LogP contribution in [0.25, 0.3) is 0 Å². The summed E-state index contributed by atoms with van der Waals surface area (Å²) in [7, 11) is -2.29. The number of amides is 2. The van der Waals surface area contributed by atoms with E-state index in [1.807, 2.05) is 6.92 Å². The van der Waals surface area contributed by atoms with Crippen molar-refractivity contribution in [3.05, 3.63) is 35.2 Å². The van der Waals surface area contributed by atoms with E-state index in [1.165, 1.54) is 12.1 Å². The Kier molecular flexibility index (Phi) is 5.16. The van der Waals surface area contributed by atoms with Gasteiger partial charge in [-0.1, -0.05) is 0 Å². The lowest BCUT2D eigenvalue weighted by atomic mass is 10.1. The van der Waals surface area contributed by atoms with Gasteiger partial charge in [0.2, 0.25) is 5.91 Å². The van der Waals surface area contributed by atoms with Gasteiger partial charge in [0.25, 0.3) is 15.9 Å². The second-order valence-corrected chi connectivity index (χ2v) is 8.46. The van der Waals surface area contributed by atoms with Crippen molar-refractivity contribution in [1.29, 1.82) is 0 Å². The van der Waals surface area contributed by atoms with Gasteiger partial charge in [0.1, 0.15) is 5.75 Å². The first-order chi connectivity index (χ1) is 13.1. The van der Waals surface area contributed by atoms with Crippen molar-refractivity contribution in [3.8, 4) is 5.75 Å². The molecule has 9 nitrogen and oxygen atoms in total. The molecule has 28 heavy (non-hydrogen) atoms. The first-order valence-corrected chi connectivity index (χ1v) is 10.2. The molecule has 1 aromatic carbocycles. The number of aryl methyl sites for hydroxylation is 4. The van der Waals surface area contributed by atoms with Crippen LogP contribution in [0.5, 0.6) is 5.75 Å². The van der Waals surface area contributed by atoms with Crippen LogP contribution < -0.4 is 14.8 Å². The largest absolute Gasteiger partial charge is 0.479 e. The number of sulfonamides is 1. The third-order valence-electron chi connectivity index (χ3n) is 4.48. The maximum atomic E-state index is 12.7. The first kappa shape index (κ1) is 19.9. The fourth-order valence-corrected chi connectivity index (χ4v) is 4.29. The lowest BCUT2D eigenvalue weighted by Gasteiger charge is -2.24. The van der Waals surface area contributed by atoms with Crippen LogP contribution in [0.4, 0.5) is 5.69 Å². The third kappa shape index (κ3) is 4.01. The van der Waals surface area contributed by atoms with Gasteiger partial charge >= 0.3 is 0 Å². The molecule has 0 aliphatic carbocycles. The van der Waals surface area contributed by atoms with Crippen LogP contribution in [0.3, 0.4) is 0 Å². The highest BCUT2D eigenvalue weighted by Crippen LogP contribution is 2.34. The van der Waals surface area contributed by atoms with Gasteiger partial charge in [-0.05, 0) is 44.4 Å². The molecule has 0 radical (unpaired) electrons. The lowest BCUT2D eigenvalue weighted by Crippen LogP contribution is -2.35. The van der Waals surface area contributed by atoms with Gasteiger partial charge in [-0.25, -0.2) is 13.1 Å². The summed E-state index contributed by atoms with van der Waals surface area (Å²) in [6.45, 7) is 4.98. The zero-order valence-corrected chi connectivity index (χ0v) is 16.9. The van der Waals surface area contributed by atoms with E-state index in [1.54, 1.807) is 31.8 Å². The molecule has 1 aliphatic rings. The van der Waals surface area contributed by atoms with Gasteiger partial charge in [-0.15, -0.1) is 0 Å². The maximum absolute atomic E-state index is 12.7. The molecular weight excluding hydrogens is 384 g/mol. The van der Waals surface area contributed by atoms with Gasteiger partial charge in [0, 0.05) is 25.7 Å². The monoisotopic (exact) mass is 406 g/mol. The summed E-state index contributed by atoms with van der Waals surface area (Å²) in [6, 6.07) is 2.83. The minimum atomic E-state index is -4.08. The number of carbonyl (C=O) groups is 2. The Morgan fingerprint density at radius 3 is 2.71 bits per heavy atom. The number of hydrogen-bond acceptors (Lipinski definition) is 6. The molecule has 150 valence electrons. The van der Waals surface area contributed by atoms with Crippen LogP contribution in [-0.2, 0) is 33.1 Å². The van der Waals surface area contributed by atoms with Crippen LogP contribution in [0, 0.1) is 13.8 Å². The highest BCUT2D eigenvalue weighted by atomic mass is 32.2. The molecule has 1 aliphatic heterocycles. The summed E-state index contributed by atoms with van der Waals surface area (Å²) in [5.74, 6) is -0.666. The Hall–Kier alpha value is -2.88. The van der Waals surface area contributed by atoms with Crippen molar-refractivity contribution < 1.29 is 22.7 Å². The number of hydrogen-bond donors (Lipinski definition) is 2. The van der Waals surface area contributed by atoms with Gasteiger partial charge in [-0.3, -0.25) is 14.3 Å². The van der Waals surface area contributed by atoms with Crippen LogP contribution in [-0.4, -0.2) is 36.1 Å². The molecule has 2 heterocycles. The van der Waals surface area contributed by atoms with E-state index in [4.69, 9.17) is 4.74 Å². The highest BCUT2D eigenvalue weighted by molar-refractivity contribution is 7.90. The number of rotatable bonds is 5. The van der Waals surface area contributed by atoms with Gasteiger partial charge < -0.3 is 10.1 Å². The predicted octanol–water partition coefficient (Wildman–Crippen LogP) is 1.19. The van der Waals surface area contributed by atoms with Crippen molar-refractivity contribution in [2.24, 2.45) is 7.05 Å². The smallest absolute Gasteiger partial charge is 0.265 e. The van der Waals surface area contributed by atoms with Crippen LogP contribution in [0.2, 0.25) is 0 Å². The molecule has 0 fully saturated rings. The Labute approximate surface area is 163 Å². The molecule has 2 amide bonds. The van der Waals surface area contributed by atoms with Crippen LogP contribution in [0.15, 0.2) is 23.2 Å². The molecule has 0 bridgehead atoms. The Morgan fingerprint density at radius 1 is 1.36 bits per heavy atom. The van der Waals surface area contributed by atoms with Gasteiger partial charge in [0.05, 0.1) is 16.3 Å². The van der Waals surface area contributed by atoms with Crippen LogP contribution in [0.1, 0.15) is 30.2 Å². The fourth-order valence-electron chi connectivity index (χ4n) is 3.03. The Morgan fingerprint density at radius 2 is 2.07 bits per heavy atom. The summed E-state index contributed by atoms with van der Waals surface area (Å²) in [6.07, 6.45) is 1.47. The molecule has 0 saturated carbocycles. The molecular formula is C18H22N4O5S. The lowest BCUT2D eigenvalue weighted by molar-refractivity contribution is -0.122. The molecule has 2 N–H and O–H groups in total. The number of aromatic nitrogens is 2. The summed E-state index contributed by atoms with van der Waals surface area (Å²) in [5, 5.41) is 6.86. The standard InChI is InChI=1S/C18H22N4O5S/c1-10-7-14-15(27-12(3)18(24)19-14)8-16(10)28(25,26)21-17(23)6-5-13-9-22(4)20-11(13)2/h7-9,12H,5-6H2,1-4H3,(H,19,24)(H,21,23)/t12-/m1/s1. The topological polar surface area (TPSA) is 119 Å². The van der Waals surface area contributed by atoms with Gasteiger partial charge in [0.15, 0.2) is 6.10 Å².